The van der Waals surface area contributed by atoms with Gasteiger partial charge in [-0.1, -0.05) is 6.92 Å². The average molecular weight is 184 g/mol. The summed E-state index contributed by atoms with van der Waals surface area (Å²) < 4.78 is 0. The summed E-state index contributed by atoms with van der Waals surface area (Å²) in [4.78, 5) is 15.1. The first-order valence-electron chi connectivity index (χ1n) is 5.14. The predicted molar refractivity (Wildman–Crippen MR) is 53.8 cm³/mol. The lowest BCUT2D eigenvalue weighted by Gasteiger charge is -2.28. The second kappa shape index (κ2) is 5.35. The smallest absolute Gasteiger partial charge is 0.133 e. The molecule has 0 aromatic carbocycles. The van der Waals surface area contributed by atoms with Crippen LogP contribution in [0.5, 0.6) is 0 Å². The van der Waals surface area contributed by atoms with Gasteiger partial charge < -0.3 is 9.69 Å². The minimum Gasteiger partial charge on any atom is -0.305 e. The van der Waals surface area contributed by atoms with Crippen LogP contribution in [0, 0.1) is 0 Å². The van der Waals surface area contributed by atoms with Gasteiger partial charge in [0.05, 0.1) is 6.54 Å². The first-order valence-corrected chi connectivity index (χ1v) is 5.14. The van der Waals surface area contributed by atoms with Gasteiger partial charge in [-0.05, 0) is 26.4 Å². The molecule has 0 radical (unpaired) electrons. The molecule has 3 nitrogen and oxygen atoms in total. The van der Waals surface area contributed by atoms with E-state index in [0.29, 0.717) is 12.6 Å². The van der Waals surface area contributed by atoms with Gasteiger partial charge in [0.2, 0.25) is 0 Å². The summed E-state index contributed by atoms with van der Waals surface area (Å²) in [5.41, 5.74) is 0. The molecule has 1 saturated heterocycles. The number of carbonyl (C=O) groups excluding carboxylic acids is 1. The van der Waals surface area contributed by atoms with Crippen molar-refractivity contribution < 1.29 is 4.79 Å². The average Bonchev–Trinajstić information content (AvgIpc) is 2.29. The summed E-state index contributed by atoms with van der Waals surface area (Å²) in [5, 5.41) is 0. The van der Waals surface area contributed by atoms with Gasteiger partial charge in [-0.15, -0.1) is 0 Å². The van der Waals surface area contributed by atoms with Gasteiger partial charge in [0.1, 0.15) is 6.29 Å². The molecule has 76 valence electrons. The fourth-order valence-corrected chi connectivity index (χ4v) is 2.02. The monoisotopic (exact) mass is 184 g/mol. The van der Waals surface area contributed by atoms with Crippen molar-refractivity contribution in [1.29, 1.82) is 0 Å². The minimum atomic E-state index is 0.567. The molecule has 0 aliphatic carbocycles. The van der Waals surface area contributed by atoms with E-state index in [-0.39, 0.29) is 0 Å². The standard InChI is InChI=1S/C10H20N2O/c1-3-10-9-11(2)5-4-6-12(10)7-8-13/h8,10H,3-7,9H2,1-2H3. The molecule has 1 heterocycles. The quantitative estimate of drug-likeness (QED) is 0.600. The number of nitrogens with zero attached hydrogens (tertiary/aromatic N) is 2. The first kappa shape index (κ1) is 10.7. The first-order chi connectivity index (χ1) is 6.27. The third kappa shape index (κ3) is 3.08. The fraction of sp³-hybridized carbons (Fsp3) is 0.900. The SMILES string of the molecule is CCC1CN(C)CCCN1CC=O. The molecule has 1 aliphatic rings. The van der Waals surface area contributed by atoms with Crippen LogP contribution in [-0.4, -0.2) is 55.4 Å². The number of carbonyl (C=O) groups is 1. The lowest BCUT2D eigenvalue weighted by molar-refractivity contribution is -0.109. The van der Waals surface area contributed by atoms with Crippen LogP contribution < -0.4 is 0 Å². The van der Waals surface area contributed by atoms with Crippen molar-refractivity contribution in [3.63, 3.8) is 0 Å². The molecule has 0 N–H and O–H groups in total. The molecular formula is C10H20N2O. The highest BCUT2D eigenvalue weighted by Gasteiger charge is 2.20. The maximum absolute atomic E-state index is 10.5. The predicted octanol–water partition coefficient (Wildman–Crippen LogP) is 0.601. The van der Waals surface area contributed by atoms with Crippen LogP contribution in [0.25, 0.3) is 0 Å². The molecule has 3 heteroatoms. The Bertz CT molecular complexity index is 161. The molecule has 1 atom stereocenters. The fourth-order valence-electron chi connectivity index (χ4n) is 2.02. The van der Waals surface area contributed by atoms with E-state index in [1.165, 1.54) is 6.42 Å². The van der Waals surface area contributed by atoms with Crippen LogP contribution >= 0.6 is 0 Å². The molecule has 0 spiro atoms. The van der Waals surface area contributed by atoms with Crippen LogP contribution in [0.15, 0.2) is 0 Å². The topological polar surface area (TPSA) is 23.6 Å². The summed E-state index contributed by atoms with van der Waals surface area (Å²) >= 11 is 0. The van der Waals surface area contributed by atoms with Crippen LogP contribution in [0.2, 0.25) is 0 Å². The van der Waals surface area contributed by atoms with Crippen LogP contribution in [0.1, 0.15) is 19.8 Å². The zero-order valence-corrected chi connectivity index (χ0v) is 8.70. The Morgan fingerprint density at radius 1 is 1.46 bits per heavy atom. The van der Waals surface area contributed by atoms with Crippen molar-refractivity contribution in [3.8, 4) is 0 Å². The highest BCUT2D eigenvalue weighted by Crippen LogP contribution is 2.10. The van der Waals surface area contributed by atoms with E-state index >= 15 is 0 Å². The molecule has 0 amide bonds. The number of likely N-dealkylation sites (N-methyl/N-ethyl adjacent to an activating group) is 1. The van der Waals surface area contributed by atoms with Crippen LogP contribution in [-0.2, 0) is 4.79 Å². The highest BCUT2D eigenvalue weighted by molar-refractivity contribution is 5.52. The zero-order chi connectivity index (χ0) is 9.68. The van der Waals surface area contributed by atoms with E-state index in [9.17, 15) is 4.79 Å². The van der Waals surface area contributed by atoms with Crippen molar-refractivity contribution >= 4 is 6.29 Å². The molecule has 1 aliphatic heterocycles. The van der Waals surface area contributed by atoms with Crippen LogP contribution in [0.4, 0.5) is 0 Å². The summed E-state index contributed by atoms with van der Waals surface area (Å²) in [6.45, 7) is 6.13. The van der Waals surface area contributed by atoms with Gasteiger partial charge in [-0.25, -0.2) is 0 Å². The van der Waals surface area contributed by atoms with Gasteiger partial charge in [0.25, 0.3) is 0 Å². The van der Waals surface area contributed by atoms with Gasteiger partial charge in [-0.3, -0.25) is 4.90 Å². The lowest BCUT2D eigenvalue weighted by atomic mass is 10.2. The maximum atomic E-state index is 10.5. The van der Waals surface area contributed by atoms with Gasteiger partial charge >= 0.3 is 0 Å². The van der Waals surface area contributed by atoms with Crippen LogP contribution in [0.3, 0.4) is 0 Å². The lowest BCUT2D eigenvalue weighted by Crippen LogP contribution is -2.40. The Morgan fingerprint density at radius 2 is 2.23 bits per heavy atom. The number of rotatable bonds is 3. The largest absolute Gasteiger partial charge is 0.305 e. The summed E-state index contributed by atoms with van der Waals surface area (Å²) in [6, 6.07) is 0.567. The Kier molecular flexibility index (Phi) is 4.39. The maximum Gasteiger partial charge on any atom is 0.133 e. The molecule has 0 bridgehead atoms. The van der Waals surface area contributed by atoms with Gasteiger partial charge in [-0.2, -0.15) is 0 Å². The van der Waals surface area contributed by atoms with E-state index < -0.39 is 0 Å². The Morgan fingerprint density at radius 3 is 2.85 bits per heavy atom. The van der Waals surface area contributed by atoms with Crippen molar-refractivity contribution in [2.75, 3.05) is 33.2 Å². The molecule has 0 aromatic rings. The third-order valence-corrected chi connectivity index (χ3v) is 2.80. The van der Waals surface area contributed by atoms with E-state index in [1.807, 2.05) is 0 Å². The molecular weight excluding hydrogens is 164 g/mol. The normalized spacial score (nSPS) is 27.1. The van der Waals surface area contributed by atoms with Gasteiger partial charge in [0.15, 0.2) is 0 Å². The number of aldehydes is 1. The molecule has 0 saturated carbocycles. The minimum absolute atomic E-state index is 0.567. The molecule has 1 rings (SSSR count). The van der Waals surface area contributed by atoms with Crippen molar-refractivity contribution in [1.82, 2.24) is 9.80 Å². The number of hydrogen-bond donors (Lipinski definition) is 0. The molecule has 1 unspecified atom stereocenters. The Labute approximate surface area is 80.7 Å². The highest BCUT2D eigenvalue weighted by atomic mass is 16.1. The second-order valence-electron chi connectivity index (χ2n) is 3.84. The van der Waals surface area contributed by atoms with Crippen molar-refractivity contribution in [2.45, 2.75) is 25.8 Å². The Hall–Kier alpha value is -0.410. The Balaban J connectivity index is 2.52. The summed E-state index contributed by atoms with van der Waals surface area (Å²) in [7, 11) is 2.16. The third-order valence-electron chi connectivity index (χ3n) is 2.80. The van der Waals surface area contributed by atoms with E-state index in [0.717, 1.165) is 32.3 Å². The van der Waals surface area contributed by atoms with E-state index in [4.69, 9.17) is 0 Å². The van der Waals surface area contributed by atoms with Crippen molar-refractivity contribution in [2.24, 2.45) is 0 Å². The zero-order valence-electron chi connectivity index (χ0n) is 8.70. The van der Waals surface area contributed by atoms with Crippen molar-refractivity contribution in [3.05, 3.63) is 0 Å². The summed E-state index contributed by atoms with van der Waals surface area (Å²) in [5.74, 6) is 0. The van der Waals surface area contributed by atoms with Gasteiger partial charge in [0, 0.05) is 19.1 Å². The summed E-state index contributed by atoms with van der Waals surface area (Å²) in [6.07, 6.45) is 3.34. The molecule has 1 fully saturated rings. The molecule has 13 heavy (non-hydrogen) atoms. The van der Waals surface area contributed by atoms with E-state index in [1.54, 1.807) is 0 Å². The second-order valence-corrected chi connectivity index (χ2v) is 3.84. The number of hydrogen-bond acceptors (Lipinski definition) is 3. The molecule has 0 aromatic heterocycles. The van der Waals surface area contributed by atoms with E-state index in [2.05, 4.69) is 23.8 Å².